The number of sulfone groups is 1. The molecule has 112 valence electrons. The van der Waals surface area contributed by atoms with Crippen LogP contribution in [0.5, 0.6) is 0 Å². The van der Waals surface area contributed by atoms with Gasteiger partial charge in [-0.3, -0.25) is 4.79 Å². The lowest BCUT2D eigenvalue weighted by molar-refractivity contribution is 0.0981. The molecule has 0 saturated carbocycles. The van der Waals surface area contributed by atoms with Gasteiger partial charge in [0, 0.05) is 12.7 Å². The maximum atomic E-state index is 11.8. The number of hydrogen-bond acceptors (Lipinski definition) is 6. The molecule has 7 nitrogen and oxygen atoms in total. The molecule has 0 aliphatic heterocycles. The Hall–Kier alpha value is -1.45. The first-order valence-electron chi connectivity index (χ1n) is 5.49. The van der Waals surface area contributed by atoms with E-state index in [-0.39, 0.29) is 22.8 Å². The van der Waals surface area contributed by atoms with Crippen LogP contribution in [0, 0.1) is 0 Å². The Labute approximate surface area is 117 Å². The highest BCUT2D eigenvalue weighted by Gasteiger charge is 2.16. The zero-order chi connectivity index (χ0) is 15.4. The minimum atomic E-state index is -3.66. The maximum Gasteiger partial charge on any atom is 0.264 e. The summed E-state index contributed by atoms with van der Waals surface area (Å²) in [5, 5.41) is 0. The molecule has 0 aliphatic rings. The van der Waals surface area contributed by atoms with Crippen LogP contribution in [0.1, 0.15) is 10.4 Å². The zero-order valence-electron chi connectivity index (χ0n) is 11.0. The second-order valence-corrected chi connectivity index (χ2v) is 7.90. The Kier molecular flexibility index (Phi) is 5.26. The summed E-state index contributed by atoms with van der Waals surface area (Å²) in [7, 11) is -5.73. The smallest absolute Gasteiger partial charge is 0.264 e. The third kappa shape index (κ3) is 4.91. The van der Waals surface area contributed by atoms with Crippen molar-refractivity contribution in [3.63, 3.8) is 0 Å². The van der Waals surface area contributed by atoms with Gasteiger partial charge in [-0.15, -0.1) is 0 Å². The number of hydrogen-bond donors (Lipinski definition) is 1. The molecule has 1 rings (SSSR count). The van der Waals surface area contributed by atoms with Gasteiger partial charge in [-0.25, -0.2) is 21.6 Å². The molecule has 0 radical (unpaired) electrons. The van der Waals surface area contributed by atoms with Crippen molar-refractivity contribution >= 4 is 25.8 Å². The van der Waals surface area contributed by atoms with Gasteiger partial charge >= 0.3 is 0 Å². The maximum absolute atomic E-state index is 11.8. The minimum Gasteiger partial charge on any atom is -0.384 e. The molecule has 1 N–H and O–H groups in total. The molecule has 0 fully saturated rings. The summed E-state index contributed by atoms with van der Waals surface area (Å²) in [5.74, 6) is -0.980. The lowest BCUT2D eigenvalue weighted by Crippen LogP contribution is -2.29. The first kappa shape index (κ1) is 16.6. The first-order valence-corrected chi connectivity index (χ1v) is 9.04. The summed E-state index contributed by atoms with van der Waals surface area (Å²) in [5.41, 5.74) is 0.0566. The van der Waals surface area contributed by atoms with Crippen LogP contribution in [0.15, 0.2) is 29.2 Å². The normalized spacial score (nSPS) is 12.1. The van der Waals surface area contributed by atoms with E-state index >= 15 is 0 Å². The molecule has 0 aromatic heterocycles. The highest BCUT2D eigenvalue weighted by Crippen LogP contribution is 2.12. The number of ether oxygens (including phenoxy) is 1. The van der Waals surface area contributed by atoms with Gasteiger partial charge in [-0.1, -0.05) is 0 Å². The number of amides is 1. The molecule has 0 unspecified atom stereocenters. The van der Waals surface area contributed by atoms with E-state index in [9.17, 15) is 21.6 Å². The second-order valence-electron chi connectivity index (χ2n) is 4.04. The van der Waals surface area contributed by atoms with Gasteiger partial charge in [-0.2, -0.15) is 0 Å². The molecule has 1 amide bonds. The van der Waals surface area contributed by atoms with Crippen molar-refractivity contribution < 1.29 is 26.4 Å². The molecule has 0 bridgehead atoms. The van der Waals surface area contributed by atoms with Gasteiger partial charge in [0.25, 0.3) is 5.91 Å². The Morgan fingerprint density at radius 1 is 1.15 bits per heavy atom. The molecule has 9 heteroatoms. The van der Waals surface area contributed by atoms with Crippen molar-refractivity contribution in [2.75, 3.05) is 25.7 Å². The zero-order valence-corrected chi connectivity index (χ0v) is 12.6. The van der Waals surface area contributed by atoms with Crippen molar-refractivity contribution in [3.05, 3.63) is 29.8 Å². The number of sulfonamides is 1. The molecule has 1 aromatic carbocycles. The molecule has 20 heavy (non-hydrogen) atoms. The minimum absolute atomic E-state index is 0.0467. The SMILES string of the molecule is COCCS(=O)(=O)c1ccc(C(=O)NS(C)(=O)=O)cc1. The van der Waals surface area contributed by atoms with Crippen molar-refractivity contribution in [2.24, 2.45) is 0 Å². The van der Waals surface area contributed by atoms with Crippen LogP contribution in [0.2, 0.25) is 0 Å². The number of carbonyl (C=O) groups excluding carboxylic acids is 1. The highest BCUT2D eigenvalue weighted by atomic mass is 32.2. The Balaban J connectivity index is 2.92. The topological polar surface area (TPSA) is 107 Å². The van der Waals surface area contributed by atoms with Gasteiger partial charge < -0.3 is 4.74 Å². The van der Waals surface area contributed by atoms with Gasteiger partial charge in [-0.05, 0) is 24.3 Å². The fourth-order valence-electron chi connectivity index (χ4n) is 1.35. The molecule has 0 atom stereocenters. The van der Waals surface area contributed by atoms with E-state index in [4.69, 9.17) is 4.74 Å². The monoisotopic (exact) mass is 321 g/mol. The van der Waals surface area contributed by atoms with E-state index < -0.39 is 25.8 Å². The number of methoxy groups -OCH3 is 1. The van der Waals surface area contributed by atoms with Gasteiger partial charge in [0.2, 0.25) is 10.0 Å². The fourth-order valence-corrected chi connectivity index (χ4v) is 2.98. The lowest BCUT2D eigenvalue weighted by atomic mass is 10.2. The molecule has 0 aliphatic carbocycles. The van der Waals surface area contributed by atoms with Crippen LogP contribution in [0.3, 0.4) is 0 Å². The first-order chi connectivity index (χ1) is 9.15. The second kappa shape index (κ2) is 6.33. The van der Waals surface area contributed by atoms with E-state index in [0.29, 0.717) is 0 Å². The van der Waals surface area contributed by atoms with E-state index in [2.05, 4.69) is 0 Å². The summed E-state index contributed by atoms with van der Waals surface area (Å²) < 4.78 is 52.0. The van der Waals surface area contributed by atoms with E-state index in [1.807, 2.05) is 0 Å². The number of rotatable bonds is 6. The molecular weight excluding hydrogens is 306 g/mol. The van der Waals surface area contributed by atoms with Gasteiger partial charge in [0.05, 0.1) is 23.5 Å². The predicted molar refractivity (Wildman–Crippen MR) is 72.7 cm³/mol. The van der Waals surface area contributed by atoms with Crippen LogP contribution >= 0.6 is 0 Å². The average molecular weight is 321 g/mol. The summed E-state index contributed by atoms with van der Waals surface area (Å²) in [4.78, 5) is 11.6. The Bertz CT molecular complexity index is 676. The predicted octanol–water partition coefficient (Wildman–Crippen LogP) is -0.204. The van der Waals surface area contributed by atoms with Crippen LogP contribution in [-0.2, 0) is 24.6 Å². The lowest BCUT2D eigenvalue weighted by Gasteiger charge is -2.06. The molecule has 1 aromatic rings. The van der Waals surface area contributed by atoms with E-state index in [0.717, 1.165) is 6.26 Å². The van der Waals surface area contributed by atoms with Crippen LogP contribution < -0.4 is 4.72 Å². The summed E-state index contributed by atoms with van der Waals surface area (Å²) in [6, 6.07) is 5.00. The molecule has 0 spiro atoms. The largest absolute Gasteiger partial charge is 0.384 e. The number of benzene rings is 1. The average Bonchev–Trinajstić information content (AvgIpc) is 2.34. The van der Waals surface area contributed by atoms with Crippen molar-refractivity contribution in [2.45, 2.75) is 4.90 Å². The van der Waals surface area contributed by atoms with Crippen molar-refractivity contribution in [3.8, 4) is 0 Å². The van der Waals surface area contributed by atoms with Crippen LogP contribution in [-0.4, -0.2) is 48.5 Å². The number of carbonyl (C=O) groups is 1. The van der Waals surface area contributed by atoms with Crippen LogP contribution in [0.25, 0.3) is 0 Å². The van der Waals surface area contributed by atoms with Crippen LogP contribution in [0.4, 0.5) is 0 Å². The quantitative estimate of drug-likeness (QED) is 0.777. The van der Waals surface area contributed by atoms with Gasteiger partial charge in [0.1, 0.15) is 0 Å². The molecule has 0 saturated heterocycles. The third-order valence-electron chi connectivity index (χ3n) is 2.31. The van der Waals surface area contributed by atoms with Gasteiger partial charge in [0.15, 0.2) is 9.84 Å². The summed E-state index contributed by atoms with van der Waals surface area (Å²) in [6.45, 7) is 0.0681. The molecule has 0 heterocycles. The van der Waals surface area contributed by atoms with E-state index in [1.54, 1.807) is 4.72 Å². The van der Waals surface area contributed by atoms with E-state index in [1.165, 1.54) is 31.4 Å². The Morgan fingerprint density at radius 3 is 2.15 bits per heavy atom. The van der Waals surface area contributed by atoms with Crippen molar-refractivity contribution in [1.82, 2.24) is 4.72 Å². The summed E-state index contributed by atoms with van der Waals surface area (Å²) >= 11 is 0. The standard InChI is InChI=1S/C11H15NO6S2/c1-18-7-8-20(16,17)10-5-3-9(4-6-10)11(13)12-19(2,14)15/h3-6H,7-8H2,1-2H3,(H,12,13). The Morgan fingerprint density at radius 2 is 1.70 bits per heavy atom. The highest BCUT2D eigenvalue weighted by molar-refractivity contribution is 7.91. The fraction of sp³-hybridized carbons (Fsp3) is 0.364. The number of nitrogens with one attached hydrogen (secondary N) is 1. The third-order valence-corrected chi connectivity index (χ3v) is 4.56. The molecular formula is C11H15NO6S2. The van der Waals surface area contributed by atoms with Crippen molar-refractivity contribution in [1.29, 1.82) is 0 Å². The summed E-state index contributed by atoms with van der Waals surface area (Å²) in [6.07, 6.45) is 0.856.